The highest BCUT2D eigenvalue weighted by Crippen LogP contribution is 2.33. The molecule has 0 saturated carbocycles. The van der Waals surface area contributed by atoms with Gasteiger partial charge in [0.05, 0.1) is 56.5 Å². The summed E-state index contributed by atoms with van der Waals surface area (Å²) in [5.74, 6) is 1.08. The van der Waals surface area contributed by atoms with E-state index in [2.05, 4.69) is 25.1 Å². The van der Waals surface area contributed by atoms with Crippen LogP contribution >= 0.6 is 11.6 Å². The molecule has 1 aliphatic heterocycles. The Bertz CT molecular complexity index is 903. The van der Waals surface area contributed by atoms with Crippen LogP contribution in [0.1, 0.15) is 17.3 Å². The van der Waals surface area contributed by atoms with Gasteiger partial charge in [0, 0.05) is 0 Å². The van der Waals surface area contributed by atoms with Gasteiger partial charge in [0.15, 0.2) is 17.3 Å². The maximum Gasteiger partial charge on any atom is 0.338 e. The molecule has 168 valence electrons. The van der Waals surface area contributed by atoms with Crippen LogP contribution in [0.3, 0.4) is 0 Å². The first-order valence-corrected chi connectivity index (χ1v) is 10.3. The quantitative estimate of drug-likeness (QED) is 0.247. The summed E-state index contributed by atoms with van der Waals surface area (Å²) < 4.78 is 4.98. The number of halogens is 2. The third-order valence-corrected chi connectivity index (χ3v) is 4.96. The zero-order valence-corrected chi connectivity index (χ0v) is 18.7. The van der Waals surface area contributed by atoms with Crippen LogP contribution in [0.15, 0.2) is 34.5 Å². The van der Waals surface area contributed by atoms with Gasteiger partial charge in [-0.15, -0.1) is 16.7 Å². The molecule has 0 aliphatic carbocycles. The number of piperazine rings is 1. The molecule has 1 saturated heterocycles. The monoisotopic (exact) mass is 468 g/mol. The van der Waals surface area contributed by atoms with Crippen molar-refractivity contribution in [3.63, 3.8) is 0 Å². The van der Waals surface area contributed by atoms with E-state index in [0.29, 0.717) is 35.2 Å². The number of benzene rings is 1. The lowest BCUT2D eigenvalue weighted by atomic mass is 10.2. The minimum absolute atomic E-state index is 0. The maximum atomic E-state index is 11.8. The lowest BCUT2D eigenvalue weighted by Gasteiger charge is -2.33. The normalized spacial score (nSPS) is 14.5. The number of carbonyl (C=O) groups excluding carboxylic acids is 1. The number of hydrogen-bond acceptors (Lipinski definition) is 9. The lowest BCUT2D eigenvalue weighted by Crippen LogP contribution is -3.15. The first-order valence-electron chi connectivity index (χ1n) is 9.78. The van der Waals surface area contributed by atoms with Crippen LogP contribution in [0.4, 0.5) is 29.0 Å². The van der Waals surface area contributed by atoms with Gasteiger partial charge in [-0.05, 0) is 31.2 Å². The highest BCUT2D eigenvalue weighted by Gasteiger charge is 2.24. The first kappa shape index (κ1) is 24.6. The smallest absolute Gasteiger partial charge is 0.338 e. The summed E-state index contributed by atoms with van der Waals surface area (Å²) in [6.45, 7) is 6.43. The Morgan fingerprint density at radius 2 is 1.87 bits per heavy atom. The van der Waals surface area contributed by atoms with Crippen LogP contribution in [0.5, 0.6) is 0 Å². The van der Waals surface area contributed by atoms with Crippen LogP contribution in [0, 0.1) is 0 Å². The summed E-state index contributed by atoms with van der Waals surface area (Å²) in [5.41, 5.74) is 13.3. The van der Waals surface area contributed by atoms with Gasteiger partial charge < -0.3 is 38.4 Å². The maximum absolute atomic E-state index is 11.8. The second-order valence-electron chi connectivity index (χ2n) is 6.78. The van der Waals surface area contributed by atoms with Crippen LogP contribution in [0.25, 0.3) is 0 Å². The van der Waals surface area contributed by atoms with Crippen LogP contribution in [-0.4, -0.2) is 61.1 Å². The molecule has 0 atom stereocenters. The van der Waals surface area contributed by atoms with Crippen molar-refractivity contribution in [3.8, 4) is 0 Å². The zero-order valence-electron chi connectivity index (χ0n) is 17.2. The van der Waals surface area contributed by atoms with Gasteiger partial charge in [0.1, 0.15) is 0 Å². The summed E-state index contributed by atoms with van der Waals surface area (Å²) in [7, 11) is 0. The molecule has 1 aromatic heterocycles. The van der Waals surface area contributed by atoms with E-state index < -0.39 is 0 Å². The van der Waals surface area contributed by atoms with E-state index in [9.17, 15) is 4.79 Å². The molecule has 0 unspecified atom stereocenters. The number of ether oxygens (including phenoxy) is 1. The number of anilines is 3. The predicted octanol–water partition coefficient (Wildman–Crippen LogP) is -1.82. The van der Waals surface area contributed by atoms with Crippen LogP contribution in [-0.2, 0) is 4.74 Å². The molecule has 2 heterocycles. The number of aromatic nitrogens is 2. The second-order valence-corrected chi connectivity index (χ2v) is 7.16. The third-order valence-electron chi connectivity index (χ3n) is 4.77. The van der Waals surface area contributed by atoms with Crippen molar-refractivity contribution in [2.75, 3.05) is 61.6 Å². The van der Waals surface area contributed by atoms with Crippen molar-refractivity contribution in [2.45, 2.75) is 6.92 Å². The molecule has 31 heavy (non-hydrogen) atoms. The fourth-order valence-corrected chi connectivity index (χ4v) is 3.47. The average Bonchev–Trinajstić information content (AvgIpc) is 2.74. The Morgan fingerprint density at radius 1 is 1.19 bits per heavy atom. The number of rotatable bonds is 7. The van der Waals surface area contributed by atoms with Crippen molar-refractivity contribution in [2.24, 2.45) is 10.2 Å². The highest BCUT2D eigenvalue weighted by atomic mass is 35.5. The number of carbonyl (C=O) groups is 1. The molecule has 0 spiro atoms. The predicted molar refractivity (Wildman–Crippen MR) is 116 cm³/mol. The number of alkyl halides is 1. The SMILES string of the molecule is CCOC(=O)c1ccc(N=Nc2c(N)nc(N)nc2N2CC[NH+](CCCl)CC2)cc1.[Cl-]. The van der Waals surface area contributed by atoms with Gasteiger partial charge in [-0.25, -0.2) is 4.79 Å². The molecular formula is C19H26Cl2N8O2. The van der Waals surface area contributed by atoms with Gasteiger partial charge in [-0.2, -0.15) is 15.1 Å². The van der Waals surface area contributed by atoms with Gasteiger partial charge in [-0.1, -0.05) is 0 Å². The number of nitrogen functional groups attached to an aromatic ring is 2. The molecule has 10 nitrogen and oxygen atoms in total. The Hall–Kier alpha value is -2.69. The van der Waals surface area contributed by atoms with Crippen molar-refractivity contribution < 1.29 is 26.8 Å². The molecule has 1 aromatic carbocycles. The topological polar surface area (TPSA) is 137 Å². The molecule has 3 rings (SSSR count). The van der Waals surface area contributed by atoms with E-state index >= 15 is 0 Å². The van der Waals surface area contributed by atoms with Crippen molar-refractivity contribution >= 4 is 46.5 Å². The molecule has 5 N–H and O–H groups in total. The molecule has 2 aromatic rings. The Morgan fingerprint density at radius 3 is 2.48 bits per heavy atom. The van der Waals surface area contributed by atoms with Crippen LogP contribution in [0.2, 0.25) is 0 Å². The molecule has 0 radical (unpaired) electrons. The molecule has 1 fully saturated rings. The average molecular weight is 469 g/mol. The molecule has 0 amide bonds. The Labute approximate surface area is 192 Å². The molecule has 0 bridgehead atoms. The zero-order chi connectivity index (χ0) is 21.5. The van der Waals surface area contributed by atoms with Crippen LogP contribution < -0.4 is 33.7 Å². The summed E-state index contributed by atoms with van der Waals surface area (Å²) in [6.07, 6.45) is 0. The van der Waals surface area contributed by atoms with E-state index in [1.165, 1.54) is 4.90 Å². The fraction of sp³-hybridized carbons (Fsp3) is 0.421. The fourth-order valence-electron chi connectivity index (χ4n) is 3.20. The van der Waals surface area contributed by atoms with E-state index in [1.807, 2.05) is 0 Å². The van der Waals surface area contributed by atoms with Crippen molar-refractivity contribution in [1.29, 1.82) is 0 Å². The van der Waals surface area contributed by atoms with E-state index in [1.54, 1.807) is 31.2 Å². The number of nitrogens with one attached hydrogen (secondary N) is 1. The number of esters is 1. The minimum Gasteiger partial charge on any atom is -1.00 e. The van der Waals surface area contributed by atoms with Crippen molar-refractivity contribution in [3.05, 3.63) is 29.8 Å². The van der Waals surface area contributed by atoms with Gasteiger partial charge in [-0.3, -0.25) is 0 Å². The Kier molecular flexibility index (Phi) is 9.22. The molecular weight excluding hydrogens is 443 g/mol. The van der Waals surface area contributed by atoms with Crippen molar-refractivity contribution in [1.82, 2.24) is 9.97 Å². The highest BCUT2D eigenvalue weighted by molar-refractivity contribution is 6.17. The number of azo groups is 1. The number of quaternary nitrogens is 1. The third kappa shape index (κ3) is 6.39. The standard InChI is InChI=1S/C19H25ClN8O2.ClH/c1-2-30-18(29)13-3-5-14(6-4-13)25-26-15-16(21)23-19(22)24-17(15)28-11-9-27(8-7-20)10-12-28;/h3-6H,2,7-12H2,1H3,(H4,21,22,23,24);1H. The molecule has 12 heteroatoms. The second kappa shape index (κ2) is 11.6. The summed E-state index contributed by atoms with van der Waals surface area (Å²) in [4.78, 5) is 23.7. The minimum atomic E-state index is -0.380. The van der Waals surface area contributed by atoms with Gasteiger partial charge >= 0.3 is 5.97 Å². The first-order chi connectivity index (χ1) is 14.5. The molecule has 1 aliphatic rings. The van der Waals surface area contributed by atoms with E-state index in [-0.39, 0.29) is 30.1 Å². The van der Waals surface area contributed by atoms with Gasteiger partial charge in [0.25, 0.3) is 0 Å². The number of nitrogens with two attached hydrogens (primary N) is 2. The lowest BCUT2D eigenvalue weighted by molar-refractivity contribution is -0.898. The Balaban J connectivity index is 0.00000341. The number of nitrogens with zero attached hydrogens (tertiary/aromatic N) is 5. The van der Waals surface area contributed by atoms with Gasteiger partial charge in [0.2, 0.25) is 5.95 Å². The summed E-state index contributed by atoms with van der Waals surface area (Å²) in [5, 5.41) is 8.53. The largest absolute Gasteiger partial charge is 1.00 e. The number of hydrogen-bond donors (Lipinski definition) is 3. The van der Waals surface area contributed by atoms with E-state index in [4.69, 9.17) is 27.8 Å². The summed E-state index contributed by atoms with van der Waals surface area (Å²) in [6, 6.07) is 6.63. The van der Waals surface area contributed by atoms with E-state index in [0.717, 1.165) is 32.7 Å². The summed E-state index contributed by atoms with van der Waals surface area (Å²) >= 11 is 5.86.